The molecule has 2 atom stereocenters. The van der Waals surface area contributed by atoms with Crippen LogP contribution in [-0.4, -0.2) is 66.9 Å². The number of methoxy groups -OCH3 is 1. The molecule has 3 rings (SSSR count). The summed E-state index contributed by atoms with van der Waals surface area (Å²) in [4.78, 5) is 13.7. The summed E-state index contributed by atoms with van der Waals surface area (Å²) in [6, 6.07) is 5.02. The standard InChI is InChI=1S/C18H26N2O6/c1-24-11-15-10-20(18(22)12-4-6-25-7-5-12)9-14-3-2-13(17(21)19-23)8-16(14)26-15/h2-3,8,12,15,18,22-23H,4-7,9-11H2,1H3,(H,19,21)/t15-,18?/m0/s1. The highest BCUT2D eigenvalue weighted by Gasteiger charge is 2.32. The van der Waals surface area contributed by atoms with E-state index < -0.39 is 12.1 Å². The minimum atomic E-state index is -0.594. The lowest BCUT2D eigenvalue weighted by Crippen LogP contribution is -2.46. The Hall–Kier alpha value is -1.71. The summed E-state index contributed by atoms with van der Waals surface area (Å²) in [5, 5.41) is 19.7. The number of hydrogen-bond donors (Lipinski definition) is 3. The summed E-state index contributed by atoms with van der Waals surface area (Å²) < 4.78 is 16.7. The lowest BCUT2D eigenvalue weighted by Gasteiger charge is -2.35. The molecule has 1 amide bonds. The Bertz CT molecular complexity index is 620. The normalized spacial score (nSPS) is 22.8. The number of benzene rings is 1. The molecule has 26 heavy (non-hydrogen) atoms. The summed E-state index contributed by atoms with van der Waals surface area (Å²) in [7, 11) is 1.60. The maximum atomic E-state index is 11.7. The molecule has 8 heteroatoms. The van der Waals surface area contributed by atoms with Gasteiger partial charge in [0, 0.05) is 50.5 Å². The second-order valence-corrected chi connectivity index (χ2v) is 6.75. The number of rotatable bonds is 5. The monoisotopic (exact) mass is 366 g/mol. The second-order valence-electron chi connectivity index (χ2n) is 6.75. The largest absolute Gasteiger partial charge is 0.486 e. The van der Waals surface area contributed by atoms with Crippen molar-refractivity contribution < 1.29 is 29.3 Å². The lowest BCUT2D eigenvalue weighted by atomic mass is 9.97. The number of nitrogens with zero attached hydrogens (tertiary/aromatic N) is 1. The predicted octanol–water partition coefficient (Wildman–Crippen LogP) is 0.760. The van der Waals surface area contributed by atoms with Crippen LogP contribution in [0.3, 0.4) is 0 Å². The van der Waals surface area contributed by atoms with Crippen molar-refractivity contribution in [1.82, 2.24) is 10.4 Å². The van der Waals surface area contributed by atoms with E-state index in [0.717, 1.165) is 18.4 Å². The quantitative estimate of drug-likeness (QED) is 0.522. The van der Waals surface area contributed by atoms with Crippen LogP contribution in [0.1, 0.15) is 28.8 Å². The number of aliphatic hydroxyl groups is 1. The molecule has 0 radical (unpaired) electrons. The SMILES string of the molecule is COC[C@@H]1CN(C(O)C2CCOCC2)Cc2ccc(C(=O)NO)cc2O1. The van der Waals surface area contributed by atoms with Crippen molar-refractivity contribution in [3.05, 3.63) is 29.3 Å². The maximum absolute atomic E-state index is 11.7. The van der Waals surface area contributed by atoms with Crippen LogP contribution in [0.15, 0.2) is 18.2 Å². The Morgan fingerprint density at radius 2 is 2.19 bits per heavy atom. The molecule has 8 nitrogen and oxygen atoms in total. The fourth-order valence-corrected chi connectivity index (χ4v) is 3.55. The Balaban J connectivity index is 1.83. The van der Waals surface area contributed by atoms with Gasteiger partial charge < -0.3 is 19.3 Å². The topological polar surface area (TPSA) is 100 Å². The van der Waals surface area contributed by atoms with E-state index in [1.54, 1.807) is 30.8 Å². The zero-order chi connectivity index (χ0) is 18.5. The first kappa shape index (κ1) is 19.1. The summed E-state index contributed by atoms with van der Waals surface area (Å²) in [5.74, 6) is 0.130. The third-order valence-corrected chi connectivity index (χ3v) is 4.95. The fraction of sp³-hybridized carbons (Fsp3) is 0.611. The third kappa shape index (κ3) is 4.33. The van der Waals surface area contributed by atoms with Gasteiger partial charge in [0.05, 0.1) is 6.61 Å². The first-order chi connectivity index (χ1) is 12.6. The van der Waals surface area contributed by atoms with Gasteiger partial charge in [0.15, 0.2) is 0 Å². The molecule has 0 saturated carbocycles. The first-order valence-corrected chi connectivity index (χ1v) is 8.85. The number of ether oxygens (including phenoxy) is 3. The number of carbonyl (C=O) groups is 1. The van der Waals surface area contributed by atoms with E-state index in [1.165, 1.54) is 0 Å². The van der Waals surface area contributed by atoms with E-state index in [4.69, 9.17) is 19.4 Å². The Morgan fingerprint density at radius 1 is 1.42 bits per heavy atom. The third-order valence-electron chi connectivity index (χ3n) is 4.95. The highest BCUT2D eigenvalue weighted by molar-refractivity contribution is 5.93. The molecule has 1 aromatic rings. The van der Waals surface area contributed by atoms with Gasteiger partial charge in [-0.2, -0.15) is 0 Å². The van der Waals surface area contributed by atoms with Gasteiger partial charge in [0.25, 0.3) is 5.91 Å². The van der Waals surface area contributed by atoms with Crippen LogP contribution in [0.2, 0.25) is 0 Å². The molecule has 2 heterocycles. The van der Waals surface area contributed by atoms with Crippen LogP contribution in [0.4, 0.5) is 0 Å². The van der Waals surface area contributed by atoms with Gasteiger partial charge in [-0.1, -0.05) is 6.07 Å². The minimum Gasteiger partial charge on any atom is -0.486 e. The summed E-state index contributed by atoms with van der Waals surface area (Å²) >= 11 is 0. The molecule has 1 fully saturated rings. The fourth-order valence-electron chi connectivity index (χ4n) is 3.55. The van der Waals surface area contributed by atoms with E-state index in [-0.39, 0.29) is 12.0 Å². The van der Waals surface area contributed by atoms with E-state index in [0.29, 0.717) is 44.2 Å². The van der Waals surface area contributed by atoms with Gasteiger partial charge in [-0.3, -0.25) is 14.9 Å². The second kappa shape index (κ2) is 8.79. The van der Waals surface area contributed by atoms with Gasteiger partial charge in [-0.15, -0.1) is 0 Å². The van der Waals surface area contributed by atoms with Crippen molar-refractivity contribution in [2.75, 3.05) is 33.5 Å². The van der Waals surface area contributed by atoms with Crippen LogP contribution in [0, 0.1) is 5.92 Å². The van der Waals surface area contributed by atoms with Crippen LogP contribution in [0.25, 0.3) is 0 Å². The van der Waals surface area contributed by atoms with Crippen LogP contribution in [-0.2, 0) is 16.0 Å². The molecule has 1 saturated heterocycles. The Morgan fingerprint density at radius 3 is 2.88 bits per heavy atom. The minimum absolute atomic E-state index is 0.160. The van der Waals surface area contributed by atoms with E-state index in [9.17, 15) is 9.90 Å². The van der Waals surface area contributed by atoms with Gasteiger partial charge >= 0.3 is 0 Å². The van der Waals surface area contributed by atoms with Crippen molar-refractivity contribution in [3.63, 3.8) is 0 Å². The van der Waals surface area contributed by atoms with Gasteiger partial charge in [0.1, 0.15) is 18.1 Å². The molecular weight excluding hydrogens is 340 g/mol. The van der Waals surface area contributed by atoms with E-state index in [2.05, 4.69) is 0 Å². The number of amides is 1. The van der Waals surface area contributed by atoms with Crippen molar-refractivity contribution in [1.29, 1.82) is 0 Å². The lowest BCUT2D eigenvalue weighted by molar-refractivity contribution is -0.0885. The van der Waals surface area contributed by atoms with Gasteiger partial charge in [-0.05, 0) is 25.0 Å². The number of hydroxylamine groups is 1. The van der Waals surface area contributed by atoms with Gasteiger partial charge in [0.2, 0.25) is 0 Å². The molecule has 144 valence electrons. The number of nitrogens with one attached hydrogen (secondary N) is 1. The van der Waals surface area contributed by atoms with Crippen LogP contribution in [0.5, 0.6) is 5.75 Å². The maximum Gasteiger partial charge on any atom is 0.274 e. The van der Waals surface area contributed by atoms with Gasteiger partial charge in [-0.25, -0.2) is 5.48 Å². The van der Waals surface area contributed by atoms with Crippen LogP contribution < -0.4 is 10.2 Å². The van der Waals surface area contributed by atoms with Crippen molar-refractivity contribution in [2.45, 2.75) is 31.7 Å². The Kier molecular flexibility index (Phi) is 6.44. The molecular formula is C18H26N2O6. The summed E-state index contributed by atoms with van der Waals surface area (Å²) in [6.45, 7) is 2.73. The molecule has 2 aliphatic rings. The molecule has 3 N–H and O–H groups in total. The molecule has 0 aromatic heterocycles. The molecule has 1 unspecified atom stereocenters. The summed E-state index contributed by atoms with van der Waals surface area (Å²) in [6.07, 6.45) is 0.794. The van der Waals surface area contributed by atoms with Crippen molar-refractivity contribution >= 4 is 5.91 Å². The zero-order valence-electron chi connectivity index (χ0n) is 14.9. The number of hydrogen-bond acceptors (Lipinski definition) is 7. The predicted molar refractivity (Wildman–Crippen MR) is 91.9 cm³/mol. The van der Waals surface area contributed by atoms with Crippen LogP contribution >= 0.6 is 0 Å². The van der Waals surface area contributed by atoms with E-state index >= 15 is 0 Å². The van der Waals surface area contributed by atoms with E-state index in [1.807, 2.05) is 4.90 Å². The number of carbonyl (C=O) groups excluding carboxylic acids is 1. The first-order valence-electron chi connectivity index (χ1n) is 8.85. The number of fused-ring (bicyclic) bond motifs is 1. The zero-order valence-corrected chi connectivity index (χ0v) is 14.9. The van der Waals surface area contributed by atoms with Crippen molar-refractivity contribution in [2.24, 2.45) is 5.92 Å². The highest BCUT2D eigenvalue weighted by atomic mass is 16.5. The average molecular weight is 366 g/mol. The highest BCUT2D eigenvalue weighted by Crippen LogP contribution is 2.30. The smallest absolute Gasteiger partial charge is 0.274 e. The average Bonchev–Trinajstić information content (AvgIpc) is 2.86. The molecule has 0 bridgehead atoms. The molecule has 1 aromatic carbocycles. The van der Waals surface area contributed by atoms with Crippen molar-refractivity contribution in [3.8, 4) is 5.75 Å². The molecule has 0 aliphatic carbocycles. The molecule has 0 spiro atoms. The number of aliphatic hydroxyl groups excluding tert-OH is 1. The summed E-state index contributed by atoms with van der Waals surface area (Å²) in [5.41, 5.74) is 2.81. The molecule has 2 aliphatic heterocycles. The Labute approximate surface area is 152 Å².